The number of methoxy groups -OCH3 is 1. The molecule has 128 valence electrons. The Hall–Kier alpha value is -2.11. The zero-order valence-electron chi connectivity index (χ0n) is 14.0. The third-order valence-corrected chi connectivity index (χ3v) is 4.17. The smallest absolute Gasteiger partial charge is 0.253 e. The van der Waals surface area contributed by atoms with Crippen molar-refractivity contribution < 1.29 is 14.2 Å². The van der Waals surface area contributed by atoms with Crippen LogP contribution in [0.3, 0.4) is 0 Å². The molecule has 1 aliphatic heterocycles. The number of aromatic amines is 1. The van der Waals surface area contributed by atoms with E-state index in [4.69, 9.17) is 14.2 Å². The van der Waals surface area contributed by atoms with Crippen LogP contribution in [0.5, 0.6) is 5.75 Å². The van der Waals surface area contributed by atoms with Crippen molar-refractivity contribution in [3.05, 3.63) is 51.8 Å². The van der Waals surface area contributed by atoms with Gasteiger partial charge < -0.3 is 19.2 Å². The summed E-state index contributed by atoms with van der Waals surface area (Å²) in [7, 11) is 1.63. The Balaban J connectivity index is 1.96. The number of aromatic nitrogens is 1. The van der Waals surface area contributed by atoms with E-state index in [0.29, 0.717) is 25.4 Å². The SMILES string of the molecule is COc1ccc(-c2[nH]c(=O)c3cc2COCCCCCOC3)cc1. The number of H-pyrrole nitrogens is 1. The molecule has 0 aliphatic carbocycles. The van der Waals surface area contributed by atoms with Gasteiger partial charge in [0.05, 0.1) is 26.0 Å². The second kappa shape index (κ2) is 8.13. The first-order valence-electron chi connectivity index (χ1n) is 8.33. The molecule has 0 amide bonds. The molecule has 0 unspecified atom stereocenters. The van der Waals surface area contributed by atoms with Gasteiger partial charge in [0, 0.05) is 24.3 Å². The predicted octanol–water partition coefficient (Wildman–Crippen LogP) is 3.27. The van der Waals surface area contributed by atoms with E-state index < -0.39 is 0 Å². The van der Waals surface area contributed by atoms with E-state index >= 15 is 0 Å². The van der Waals surface area contributed by atoms with Crippen molar-refractivity contribution >= 4 is 0 Å². The van der Waals surface area contributed by atoms with Crippen LogP contribution in [0, 0.1) is 0 Å². The minimum Gasteiger partial charge on any atom is -0.497 e. The quantitative estimate of drug-likeness (QED) is 0.918. The molecule has 2 bridgehead atoms. The molecule has 24 heavy (non-hydrogen) atoms. The molecule has 0 fully saturated rings. The lowest BCUT2D eigenvalue weighted by atomic mass is 10.0. The molecule has 0 saturated heterocycles. The molecule has 5 nitrogen and oxygen atoms in total. The minimum absolute atomic E-state index is 0.110. The second-order valence-electron chi connectivity index (χ2n) is 5.92. The average molecular weight is 329 g/mol. The summed E-state index contributed by atoms with van der Waals surface area (Å²) in [4.78, 5) is 15.4. The van der Waals surface area contributed by atoms with Crippen molar-refractivity contribution in [2.45, 2.75) is 32.5 Å². The number of nitrogens with one attached hydrogen (secondary N) is 1. The maximum absolute atomic E-state index is 12.4. The average Bonchev–Trinajstić information content (AvgIpc) is 2.60. The Morgan fingerprint density at radius 3 is 2.29 bits per heavy atom. The van der Waals surface area contributed by atoms with Crippen molar-refractivity contribution in [3.63, 3.8) is 0 Å². The normalized spacial score (nSPS) is 16.0. The standard InChI is InChI=1S/C19H23NO4/c1-22-17-7-5-14(6-8-17)18-15-11-16(19(21)20-18)13-24-10-4-2-3-9-23-12-15/h5-8,11H,2-4,9-10,12-13H2,1H3,(H,20,21). The largest absolute Gasteiger partial charge is 0.497 e. The van der Waals surface area contributed by atoms with Crippen LogP contribution in [-0.4, -0.2) is 25.3 Å². The maximum atomic E-state index is 12.4. The van der Waals surface area contributed by atoms with Gasteiger partial charge in [0.2, 0.25) is 0 Å². The molecular weight excluding hydrogens is 306 g/mol. The summed E-state index contributed by atoms with van der Waals surface area (Å²) >= 11 is 0. The van der Waals surface area contributed by atoms with Crippen molar-refractivity contribution in [1.82, 2.24) is 4.98 Å². The highest BCUT2D eigenvalue weighted by molar-refractivity contribution is 5.64. The van der Waals surface area contributed by atoms with Crippen LogP contribution >= 0.6 is 0 Å². The van der Waals surface area contributed by atoms with E-state index in [9.17, 15) is 4.79 Å². The van der Waals surface area contributed by atoms with Crippen molar-refractivity contribution in [2.24, 2.45) is 0 Å². The molecule has 2 aromatic rings. The fourth-order valence-corrected chi connectivity index (χ4v) is 2.81. The van der Waals surface area contributed by atoms with E-state index in [-0.39, 0.29) is 5.56 Å². The molecule has 2 heterocycles. The lowest BCUT2D eigenvalue weighted by Crippen LogP contribution is -2.17. The summed E-state index contributed by atoms with van der Waals surface area (Å²) in [6.07, 6.45) is 3.10. The van der Waals surface area contributed by atoms with Gasteiger partial charge >= 0.3 is 0 Å². The highest BCUT2D eigenvalue weighted by Crippen LogP contribution is 2.24. The highest BCUT2D eigenvalue weighted by atomic mass is 16.5. The van der Waals surface area contributed by atoms with E-state index in [1.807, 2.05) is 30.3 Å². The molecule has 5 heteroatoms. The van der Waals surface area contributed by atoms with Crippen LogP contribution in [0.25, 0.3) is 11.3 Å². The van der Waals surface area contributed by atoms with E-state index in [2.05, 4.69) is 4.98 Å². The molecule has 3 rings (SSSR count). The highest BCUT2D eigenvalue weighted by Gasteiger charge is 2.12. The number of benzene rings is 1. The summed E-state index contributed by atoms with van der Waals surface area (Å²) in [6.45, 7) is 2.21. The van der Waals surface area contributed by atoms with Crippen LogP contribution in [0.1, 0.15) is 30.4 Å². The van der Waals surface area contributed by atoms with Crippen molar-refractivity contribution in [2.75, 3.05) is 20.3 Å². The van der Waals surface area contributed by atoms with Crippen molar-refractivity contribution in [3.8, 4) is 17.0 Å². The predicted molar refractivity (Wildman–Crippen MR) is 92.2 cm³/mol. The molecule has 0 radical (unpaired) electrons. The first-order valence-corrected chi connectivity index (χ1v) is 8.33. The number of pyridine rings is 1. The summed E-state index contributed by atoms with van der Waals surface area (Å²) in [6, 6.07) is 9.54. The number of hydrogen-bond donors (Lipinski definition) is 1. The first kappa shape index (κ1) is 16.7. The van der Waals surface area contributed by atoms with Crippen LogP contribution in [0.4, 0.5) is 0 Å². The van der Waals surface area contributed by atoms with E-state index in [1.165, 1.54) is 0 Å². The van der Waals surface area contributed by atoms with Gasteiger partial charge in [-0.3, -0.25) is 4.79 Å². The van der Waals surface area contributed by atoms with E-state index in [1.54, 1.807) is 7.11 Å². The Bertz CT molecular complexity index is 721. The molecular formula is C19H23NO4. The fraction of sp³-hybridized carbons (Fsp3) is 0.421. The Morgan fingerprint density at radius 1 is 0.958 bits per heavy atom. The molecule has 1 N–H and O–H groups in total. The second-order valence-corrected chi connectivity index (χ2v) is 5.92. The van der Waals surface area contributed by atoms with Crippen LogP contribution in [-0.2, 0) is 22.7 Å². The minimum atomic E-state index is -0.110. The molecule has 0 saturated carbocycles. The van der Waals surface area contributed by atoms with Crippen molar-refractivity contribution in [1.29, 1.82) is 0 Å². The summed E-state index contributed by atoms with van der Waals surface area (Å²) in [5, 5.41) is 0. The van der Waals surface area contributed by atoms with E-state index in [0.717, 1.165) is 48.4 Å². The van der Waals surface area contributed by atoms with Gasteiger partial charge in [0.1, 0.15) is 5.75 Å². The molecule has 1 aromatic heterocycles. The fourth-order valence-electron chi connectivity index (χ4n) is 2.81. The number of hydrogen-bond acceptors (Lipinski definition) is 4. The lowest BCUT2D eigenvalue weighted by molar-refractivity contribution is 0.0975. The zero-order chi connectivity index (χ0) is 16.8. The van der Waals surface area contributed by atoms with Gasteiger partial charge in [-0.1, -0.05) is 0 Å². The molecule has 1 aliphatic rings. The summed E-state index contributed by atoms with van der Waals surface area (Å²) in [5.41, 5.74) is 3.24. The van der Waals surface area contributed by atoms with Gasteiger partial charge in [-0.05, 0) is 55.2 Å². The Kier molecular flexibility index (Phi) is 5.67. The number of rotatable bonds is 2. The molecule has 0 spiro atoms. The molecule has 0 atom stereocenters. The third kappa shape index (κ3) is 4.04. The van der Waals surface area contributed by atoms with Crippen LogP contribution < -0.4 is 10.3 Å². The van der Waals surface area contributed by atoms with Gasteiger partial charge in [0.25, 0.3) is 5.56 Å². The van der Waals surface area contributed by atoms with Crippen LogP contribution in [0.15, 0.2) is 35.1 Å². The summed E-state index contributed by atoms with van der Waals surface area (Å²) < 4.78 is 16.6. The third-order valence-electron chi connectivity index (χ3n) is 4.17. The van der Waals surface area contributed by atoms with Crippen LogP contribution in [0.2, 0.25) is 0 Å². The molecule has 1 aromatic carbocycles. The number of ether oxygens (including phenoxy) is 3. The number of fused-ring (bicyclic) bond motifs is 2. The Morgan fingerprint density at radius 2 is 1.62 bits per heavy atom. The van der Waals surface area contributed by atoms with Gasteiger partial charge in [-0.25, -0.2) is 0 Å². The van der Waals surface area contributed by atoms with Gasteiger partial charge in [-0.2, -0.15) is 0 Å². The monoisotopic (exact) mass is 329 g/mol. The van der Waals surface area contributed by atoms with Gasteiger partial charge in [0.15, 0.2) is 0 Å². The van der Waals surface area contributed by atoms with Gasteiger partial charge in [-0.15, -0.1) is 0 Å². The maximum Gasteiger partial charge on any atom is 0.253 e. The lowest BCUT2D eigenvalue weighted by Gasteiger charge is -2.14. The zero-order valence-corrected chi connectivity index (χ0v) is 14.0. The topological polar surface area (TPSA) is 60.6 Å². The summed E-state index contributed by atoms with van der Waals surface area (Å²) in [5.74, 6) is 0.783. The Labute approximate surface area is 141 Å². The first-order chi connectivity index (χ1) is 11.8.